The number of hydrogen-bond donors (Lipinski definition) is 2. The lowest BCUT2D eigenvalue weighted by Gasteiger charge is -2.24. The van der Waals surface area contributed by atoms with Crippen LogP contribution in [0.15, 0.2) is 16.6 Å². The van der Waals surface area contributed by atoms with Crippen molar-refractivity contribution in [3.8, 4) is 0 Å². The van der Waals surface area contributed by atoms with Gasteiger partial charge in [-0.25, -0.2) is 4.79 Å². The summed E-state index contributed by atoms with van der Waals surface area (Å²) in [6, 6.07) is 3.62. The molecule has 0 aliphatic carbocycles. The second-order valence-corrected chi connectivity index (χ2v) is 8.50. The third kappa shape index (κ3) is 10.5. The highest BCUT2D eigenvalue weighted by atomic mass is 79.9. The molecule has 0 spiro atoms. The molecule has 0 unspecified atom stereocenters. The number of halogens is 1. The van der Waals surface area contributed by atoms with Crippen molar-refractivity contribution in [1.82, 2.24) is 4.90 Å². The largest absolute Gasteiger partial charge is 0.462 e. The fourth-order valence-electron chi connectivity index (χ4n) is 3.24. The number of hydrogen-bond acceptors (Lipinski definition) is 5. The van der Waals surface area contributed by atoms with E-state index in [0.717, 1.165) is 48.9 Å². The van der Waals surface area contributed by atoms with E-state index in [9.17, 15) is 4.79 Å². The lowest BCUT2D eigenvalue weighted by Crippen LogP contribution is -2.26. The zero-order chi connectivity index (χ0) is 21.5. The van der Waals surface area contributed by atoms with Crippen LogP contribution in [-0.4, -0.2) is 42.3 Å². The number of ether oxygens (including phenoxy) is 1. The molecule has 0 amide bonds. The number of esters is 1. The van der Waals surface area contributed by atoms with Gasteiger partial charge in [-0.1, -0.05) is 39.5 Å². The SMILES string of the molecule is CCCCCN(CCCCC)Cc1cc(C(=O)OCCCCCO)cc(Br)c1N. The van der Waals surface area contributed by atoms with E-state index in [2.05, 4.69) is 34.7 Å². The summed E-state index contributed by atoms with van der Waals surface area (Å²) in [5, 5.41) is 8.82. The zero-order valence-corrected chi connectivity index (χ0v) is 19.8. The van der Waals surface area contributed by atoms with Crippen molar-refractivity contribution in [2.75, 3.05) is 32.0 Å². The summed E-state index contributed by atoms with van der Waals surface area (Å²) in [6.07, 6.45) is 9.58. The van der Waals surface area contributed by atoms with Crippen LogP contribution in [0.2, 0.25) is 0 Å². The number of aliphatic hydroxyl groups is 1. The van der Waals surface area contributed by atoms with Crippen LogP contribution in [0.25, 0.3) is 0 Å². The molecule has 1 aromatic rings. The molecular weight excluding hydrogens is 432 g/mol. The third-order valence-corrected chi connectivity index (χ3v) is 5.69. The molecule has 0 atom stereocenters. The molecule has 0 aliphatic rings. The Morgan fingerprint density at radius 1 is 1.03 bits per heavy atom. The molecule has 5 nitrogen and oxygen atoms in total. The molecule has 6 heteroatoms. The Bertz CT molecular complexity index is 586. The fraction of sp³-hybridized carbons (Fsp3) is 0.696. The van der Waals surface area contributed by atoms with E-state index >= 15 is 0 Å². The first-order valence-electron chi connectivity index (χ1n) is 11.1. The number of carbonyl (C=O) groups excluding carboxylic acids is 1. The van der Waals surface area contributed by atoms with Crippen molar-refractivity contribution in [2.45, 2.75) is 78.2 Å². The van der Waals surface area contributed by atoms with E-state index in [-0.39, 0.29) is 12.6 Å². The average molecular weight is 471 g/mol. The van der Waals surface area contributed by atoms with Crippen LogP contribution in [0.1, 0.15) is 87.6 Å². The third-order valence-electron chi connectivity index (χ3n) is 5.04. The Balaban J connectivity index is 2.79. The van der Waals surface area contributed by atoms with Crippen LogP contribution in [0.5, 0.6) is 0 Å². The van der Waals surface area contributed by atoms with E-state index in [4.69, 9.17) is 15.6 Å². The van der Waals surface area contributed by atoms with E-state index < -0.39 is 0 Å². The van der Waals surface area contributed by atoms with Gasteiger partial charge < -0.3 is 15.6 Å². The number of nitrogens with two attached hydrogens (primary N) is 1. The fourth-order valence-corrected chi connectivity index (χ4v) is 3.75. The van der Waals surface area contributed by atoms with Crippen molar-refractivity contribution in [1.29, 1.82) is 0 Å². The van der Waals surface area contributed by atoms with Crippen molar-refractivity contribution in [3.05, 3.63) is 27.7 Å². The van der Waals surface area contributed by atoms with Crippen LogP contribution >= 0.6 is 15.9 Å². The summed E-state index contributed by atoms with van der Waals surface area (Å²) >= 11 is 3.51. The Labute approximate surface area is 185 Å². The molecule has 1 rings (SSSR count). The Hall–Kier alpha value is -1.11. The van der Waals surface area contributed by atoms with Crippen molar-refractivity contribution >= 4 is 27.6 Å². The molecule has 166 valence electrons. The molecule has 0 aliphatic heterocycles. The monoisotopic (exact) mass is 470 g/mol. The number of unbranched alkanes of at least 4 members (excludes halogenated alkanes) is 6. The highest BCUT2D eigenvalue weighted by Gasteiger charge is 2.15. The topological polar surface area (TPSA) is 75.8 Å². The number of aliphatic hydroxyl groups excluding tert-OH is 1. The van der Waals surface area contributed by atoms with Crippen molar-refractivity contribution in [2.24, 2.45) is 0 Å². The summed E-state index contributed by atoms with van der Waals surface area (Å²) in [7, 11) is 0. The summed E-state index contributed by atoms with van der Waals surface area (Å²) in [4.78, 5) is 14.9. The van der Waals surface area contributed by atoms with Crippen LogP contribution in [-0.2, 0) is 11.3 Å². The molecule has 0 fully saturated rings. The Morgan fingerprint density at radius 3 is 2.28 bits per heavy atom. The molecule has 0 saturated carbocycles. The molecule has 0 bridgehead atoms. The predicted octanol–water partition coefficient (Wildman–Crippen LogP) is 5.53. The molecule has 0 radical (unpaired) electrons. The molecule has 0 saturated heterocycles. The Morgan fingerprint density at radius 2 is 1.69 bits per heavy atom. The van der Waals surface area contributed by atoms with Gasteiger partial charge in [0.05, 0.1) is 17.9 Å². The molecule has 0 aromatic heterocycles. The standard InChI is InChI=1S/C23H39BrN2O3/c1-3-5-8-12-26(13-9-6-4-2)18-20-16-19(17-21(24)22(20)25)23(28)29-15-11-7-10-14-27/h16-17,27H,3-15,18,25H2,1-2H3. The summed E-state index contributed by atoms with van der Waals surface area (Å²) in [5.41, 5.74) is 8.51. The van der Waals surface area contributed by atoms with Crippen LogP contribution < -0.4 is 5.73 Å². The van der Waals surface area contributed by atoms with Gasteiger partial charge in [0.1, 0.15) is 0 Å². The minimum Gasteiger partial charge on any atom is -0.462 e. The van der Waals surface area contributed by atoms with Crippen LogP contribution in [0.3, 0.4) is 0 Å². The molecule has 1 aromatic carbocycles. The number of anilines is 1. The van der Waals surface area contributed by atoms with Gasteiger partial charge in [-0.15, -0.1) is 0 Å². The first-order valence-corrected chi connectivity index (χ1v) is 11.9. The number of carbonyl (C=O) groups is 1. The maximum absolute atomic E-state index is 12.5. The van der Waals surface area contributed by atoms with Gasteiger partial charge >= 0.3 is 5.97 Å². The van der Waals surface area contributed by atoms with Gasteiger partial charge in [-0.3, -0.25) is 4.90 Å². The maximum Gasteiger partial charge on any atom is 0.338 e. The quantitative estimate of drug-likeness (QED) is 0.188. The number of benzene rings is 1. The van der Waals surface area contributed by atoms with Crippen LogP contribution in [0.4, 0.5) is 5.69 Å². The summed E-state index contributed by atoms with van der Waals surface area (Å²) < 4.78 is 6.13. The predicted molar refractivity (Wildman–Crippen MR) is 124 cm³/mol. The summed E-state index contributed by atoms with van der Waals surface area (Å²) in [5.74, 6) is -0.320. The van der Waals surface area contributed by atoms with Gasteiger partial charge in [0, 0.05) is 17.6 Å². The number of nitrogen functional groups attached to an aromatic ring is 1. The minimum absolute atomic E-state index is 0.176. The number of nitrogens with zero attached hydrogens (tertiary/aromatic N) is 1. The molecule has 3 N–H and O–H groups in total. The van der Waals surface area contributed by atoms with Gasteiger partial charge in [-0.05, 0) is 78.8 Å². The van der Waals surface area contributed by atoms with E-state index in [0.29, 0.717) is 17.9 Å². The highest BCUT2D eigenvalue weighted by molar-refractivity contribution is 9.10. The van der Waals surface area contributed by atoms with E-state index in [1.807, 2.05) is 6.07 Å². The van der Waals surface area contributed by atoms with Crippen LogP contribution in [0, 0.1) is 0 Å². The van der Waals surface area contributed by atoms with Crippen molar-refractivity contribution in [3.63, 3.8) is 0 Å². The number of rotatable bonds is 16. The highest BCUT2D eigenvalue weighted by Crippen LogP contribution is 2.27. The smallest absolute Gasteiger partial charge is 0.338 e. The lowest BCUT2D eigenvalue weighted by atomic mass is 10.1. The normalized spacial score (nSPS) is 11.2. The Kier molecular flexibility index (Phi) is 14.0. The van der Waals surface area contributed by atoms with Gasteiger partial charge in [0.2, 0.25) is 0 Å². The van der Waals surface area contributed by atoms with Crippen molar-refractivity contribution < 1.29 is 14.6 Å². The zero-order valence-electron chi connectivity index (χ0n) is 18.2. The minimum atomic E-state index is -0.320. The van der Waals surface area contributed by atoms with Gasteiger partial charge in [0.25, 0.3) is 0 Å². The van der Waals surface area contributed by atoms with Gasteiger partial charge in [-0.2, -0.15) is 0 Å². The lowest BCUT2D eigenvalue weighted by molar-refractivity contribution is 0.0496. The first kappa shape index (κ1) is 25.9. The second kappa shape index (κ2) is 15.7. The molecular formula is C23H39BrN2O3. The maximum atomic E-state index is 12.5. The average Bonchev–Trinajstić information content (AvgIpc) is 2.71. The van der Waals surface area contributed by atoms with E-state index in [1.54, 1.807) is 6.07 Å². The molecule has 0 heterocycles. The molecule has 29 heavy (non-hydrogen) atoms. The van der Waals surface area contributed by atoms with Gasteiger partial charge in [0.15, 0.2) is 0 Å². The van der Waals surface area contributed by atoms with E-state index in [1.165, 1.54) is 38.5 Å². The first-order chi connectivity index (χ1) is 14.0. The second-order valence-electron chi connectivity index (χ2n) is 7.64. The summed E-state index contributed by atoms with van der Waals surface area (Å²) in [6.45, 7) is 7.83.